The first-order valence-electron chi connectivity index (χ1n) is 12.5. The predicted molar refractivity (Wildman–Crippen MR) is 145 cm³/mol. The van der Waals surface area contributed by atoms with Crippen LogP contribution in [0.15, 0.2) is 66.7 Å². The number of carbonyl (C=O) groups excluding carboxylic acids is 1. The number of fused-ring (bicyclic) bond motifs is 1. The Kier molecular flexibility index (Phi) is 9.89. The highest BCUT2D eigenvalue weighted by Gasteiger charge is 2.22. The molecule has 38 heavy (non-hydrogen) atoms. The first kappa shape index (κ1) is 27.8. The lowest BCUT2D eigenvalue weighted by molar-refractivity contribution is -0.127. The molecule has 0 fully saturated rings. The molecule has 4 rings (SSSR count). The van der Waals surface area contributed by atoms with E-state index in [1.807, 2.05) is 36.4 Å². The van der Waals surface area contributed by atoms with Crippen molar-refractivity contribution in [3.05, 3.63) is 100 Å². The van der Waals surface area contributed by atoms with Gasteiger partial charge in [0.2, 0.25) is 5.91 Å². The Hall–Kier alpha value is -3.24. The number of benzene rings is 3. The molecule has 0 bridgehead atoms. The number of hydrogen-bond acceptors (Lipinski definition) is 6. The van der Waals surface area contributed by atoms with Crippen molar-refractivity contribution < 1.29 is 23.4 Å². The van der Waals surface area contributed by atoms with Gasteiger partial charge in [-0.05, 0) is 53.8 Å². The minimum atomic E-state index is -1.01. The van der Waals surface area contributed by atoms with Gasteiger partial charge in [0.05, 0.1) is 29.0 Å². The van der Waals surface area contributed by atoms with Crippen LogP contribution in [0, 0.1) is 11.6 Å². The number of hydrogen-bond donors (Lipinski definition) is 3. The zero-order valence-corrected chi connectivity index (χ0v) is 21.9. The minimum Gasteiger partial charge on any atom is -0.390 e. The Bertz CT molecular complexity index is 1310. The van der Waals surface area contributed by atoms with Crippen molar-refractivity contribution in [2.75, 3.05) is 13.2 Å². The molecule has 0 radical (unpaired) electrons. The van der Waals surface area contributed by atoms with Crippen molar-refractivity contribution in [1.29, 1.82) is 0 Å². The molecule has 200 valence electrons. The van der Waals surface area contributed by atoms with Crippen LogP contribution in [0.3, 0.4) is 0 Å². The lowest BCUT2D eigenvalue weighted by Crippen LogP contribution is -2.49. The van der Waals surface area contributed by atoms with Crippen molar-refractivity contribution in [2.24, 2.45) is 0 Å². The fraction of sp³-hybridized carbons (Fsp3) is 0.310. The first-order chi connectivity index (χ1) is 18.4. The van der Waals surface area contributed by atoms with Crippen LogP contribution in [0.2, 0.25) is 0 Å². The molecule has 0 unspecified atom stereocenters. The second-order valence-corrected chi connectivity index (χ2v) is 10.2. The molecular formula is C29H31F2N3O3S. The third-order valence-corrected chi connectivity index (χ3v) is 7.08. The van der Waals surface area contributed by atoms with Crippen molar-refractivity contribution in [3.8, 4) is 0 Å². The average molecular weight is 540 g/mol. The molecule has 9 heteroatoms. The summed E-state index contributed by atoms with van der Waals surface area (Å²) < 4.78 is 34.1. The van der Waals surface area contributed by atoms with Gasteiger partial charge < -0.3 is 20.5 Å². The number of aliphatic hydroxyl groups is 1. The number of rotatable bonds is 13. The Labute approximate surface area is 224 Å². The van der Waals surface area contributed by atoms with Crippen LogP contribution in [0.1, 0.15) is 28.6 Å². The van der Waals surface area contributed by atoms with Crippen molar-refractivity contribution >= 4 is 27.5 Å². The molecule has 0 saturated carbocycles. The van der Waals surface area contributed by atoms with Crippen LogP contribution in [-0.2, 0) is 35.5 Å². The van der Waals surface area contributed by atoms with Gasteiger partial charge in [0.25, 0.3) is 0 Å². The molecule has 0 aliphatic rings. The van der Waals surface area contributed by atoms with E-state index in [-0.39, 0.29) is 26.2 Å². The molecule has 1 heterocycles. The van der Waals surface area contributed by atoms with Crippen LogP contribution in [0.4, 0.5) is 8.78 Å². The second kappa shape index (κ2) is 13.5. The van der Waals surface area contributed by atoms with E-state index >= 15 is 0 Å². The SMILES string of the molecule is CCc1cccc(CNC[C@@H](O)[C@H](Cc2cc(F)cc(F)c2)NC(=O)COCc2nc3ccccc3s2)c1. The standard InChI is InChI=1S/C29H31F2N3O3S/c1-2-19-6-5-7-20(10-19)15-32-16-26(35)25(13-21-11-22(30)14-23(31)12-21)33-28(36)17-37-18-29-34-24-8-3-4-9-27(24)38-29/h3-12,14,25-26,32,35H,2,13,15-18H2,1H3,(H,33,36)/t25-,26+/m0/s1. The molecule has 1 amide bonds. The van der Waals surface area contributed by atoms with Gasteiger partial charge >= 0.3 is 0 Å². The molecule has 0 spiro atoms. The number of aliphatic hydroxyl groups excluding tert-OH is 1. The summed E-state index contributed by atoms with van der Waals surface area (Å²) in [6, 6.07) is 18.3. The number of nitrogens with one attached hydrogen (secondary N) is 2. The van der Waals surface area contributed by atoms with Crippen LogP contribution >= 0.6 is 11.3 Å². The van der Waals surface area contributed by atoms with E-state index in [0.717, 1.165) is 33.3 Å². The summed E-state index contributed by atoms with van der Waals surface area (Å²) in [5.41, 5.74) is 3.50. The largest absolute Gasteiger partial charge is 0.390 e. The number of thiazole rings is 1. The highest BCUT2D eigenvalue weighted by atomic mass is 32.1. The van der Waals surface area contributed by atoms with Crippen molar-refractivity contribution in [3.63, 3.8) is 0 Å². The fourth-order valence-corrected chi connectivity index (χ4v) is 5.10. The van der Waals surface area contributed by atoms with Gasteiger partial charge in [-0.1, -0.05) is 43.3 Å². The van der Waals surface area contributed by atoms with Gasteiger partial charge in [0.15, 0.2) is 0 Å². The van der Waals surface area contributed by atoms with Gasteiger partial charge in [0.1, 0.15) is 23.2 Å². The van der Waals surface area contributed by atoms with Gasteiger partial charge in [-0.3, -0.25) is 4.79 Å². The molecule has 0 saturated heterocycles. The maximum Gasteiger partial charge on any atom is 0.246 e. The van der Waals surface area contributed by atoms with Gasteiger partial charge in [0, 0.05) is 19.2 Å². The summed E-state index contributed by atoms with van der Waals surface area (Å²) in [6.45, 7) is 2.72. The summed E-state index contributed by atoms with van der Waals surface area (Å²) in [4.78, 5) is 17.2. The van der Waals surface area contributed by atoms with E-state index in [1.165, 1.54) is 29.0 Å². The van der Waals surface area contributed by atoms with E-state index in [4.69, 9.17) is 4.74 Å². The molecule has 6 nitrogen and oxygen atoms in total. The van der Waals surface area contributed by atoms with Crippen molar-refractivity contribution in [1.82, 2.24) is 15.6 Å². The molecule has 3 N–H and O–H groups in total. The number of carbonyl (C=O) groups is 1. The van der Waals surface area contributed by atoms with Crippen LogP contribution in [0.5, 0.6) is 0 Å². The first-order valence-corrected chi connectivity index (χ1v) is 13.3. The maximum absolute atomic E-state index is 13.8. The monoisotopic (exact) mass is 539 g/mol. The number of halogens is 2. The highest BCUT2D eigenvalue weighted by Crippen LogP contribution is 2.22. The van der Waals surface area contributed by atoms with E-state index in [9.17, 15) is 18.7 Å². The molecule has 3 aromatic carbocycles. The van der Waals surface area contributed by atoms with E-state index in [1.54, 1.807) is 0 Å². The Balaban J connectivity index is 1.34. The van der Waals surface area contributed by atoms with Gasteiger partial charge in [-0.25, -0.2) is 13.8 Å². The Morgan fingerprint density at radius 2 is 1.79 bits per heavy atom. The van der Waals surface area contributed by atoms with Crippen molar-refractivity contribution in [2.45, 2.75) is 45.1 Å². The summed E-state index contributed by atoms with van der Waals surface area (Å²) in [5.74, 6) is -1.87. The Morgan fingerprint density at radius 1 is 1.03 bits per heavy atom. The number of ether oxygens (including phenoxy) is 1. The topological polar surface area (TPSA) is 83.5 Å². The molecular weight excluding hydrogens is 508 g/mol. The summed E-state index contributed by atoms with van der Waals surface area (Å²) >= 11 is 1.49. The second-order valence-electron chi connectivity index (χ2n) is 9.10. The predicted octanol–water partition coefficient (Wildman–Crippen LogP) is 4.53. The van der Waals surface area contributed by atoms with Gasteiger partial charge in [-0.2, -0.15) is 0 Å². The summed E-state index contributed by atoms with van der Waals surface area (Å²) in [5, 5.41) is 17.6. The van der Waals surface area contributed by atoms with Crippen LogP contribution in [-0.4, -0.2) is 41.3 Å². The molecule has 2 atom stereocenters. The quantitative estimate of drug-likeness (QED) is 0.233. The summed E-state index contributed by atoms with van der Waals surface area (Å²) in [6.07, 6.45) is -0.0358. The molecule has 0 aliphatic carbocycles. The number of nitrogens with zero attached hydrogens (tertiary/aromatic N) is 1. The number of aromatic nitrogens is 1. The zero-order chi connectivity index (χ0) is 26.9. The zero-order valence-electron chi connectivity index (χ0n) is 21.1. The number of amides is 1. The highest BCUT2D eigenvalue weighted by molar-refractivity contribution is 7.18. The smallest absolute Gasteiger partial charge is 0.246 e. The number of para-hydroxylation sites is 1. The summed E-state index contributed by atoms with van der Waals surface area (Å²) in [7, 11) is 0. The number of aryl methyl sites for hydroxylation is 1. The van der Waals surface area contributed by atoms with E-state index in [2.05, 4.69) is 34.7 Å². The lowest BCUT2D eigenvalue weighted by Gasteiger charge is -2.25. The minimum absolute atomic E-state index is 0.0481. The van der Waals surface area contributed by atoms with Gasteiger partial charge in [-0.15, -0.1) is 11.3 Å². The fourth-order valence-electron chi connectivity index (χ4n) is 4.19. The average Bonchev–Trinajstić information content (AvgIpc) is 3.30. The third-order valence-electron chi connectivity index (χ3n) is 6.07. The van der Waals surface area contributed by atoms with Crippen LogP contribution in [0.25, 0.3) is 10.2 Å². The molecule has 1 aromatic heterocycles. The Morgan fingerprint density at radius 3 is 2.55 bits per heavy atom. The normalized spacial score (nSPS) is 12.9. The van der Waals surface area contributed by atoms with E-state index in [0.29, 0.717) is 12.1 Å². The lowest BCUT2D eigenvalue weighted by atomic mass is 10.0. The third kappa shape index (κ3) is 8.13. The van der Waals surface area contributed by atoms with E-state index < -0.39 is 29.7 Å². The molecule has 0 aliphatic heterocycles. The molecule has 4 aromatic rings. The maximum atomic E-state index is 13.8. The van der Waals surface area contributed by atoms with Crippen LogP contribution < -0.4 is 10.6 Å².